The summed E-state index contributed by atoms with van der Waals surface area (Å²) in [7, 11) is 0. The predicted molar refractivity (Wildman–Crippen MR) is 56.6 cm³/mol. The zero-order valence-corrected chi connectivity index (χ0v) is 8.92. The highest BCUT2D eigenvalue weighted by molar-refractivity contribution is 5.09. The monoisotopic (exact) mass is 182 g/mol. The molecule has 1 aliphatic rings. The Morgan fingerprint density at radius 1 is 1.62 bits per heavy atom. The zero-order valence-electron chi connectivity index (χ0n) is 8.92. The van der Waals surface area contributed by atoms with Crippen molar-refractivity contribution in [1.82, 2.24) is 0 Å². The molecule has 0 radical (unpaired) electrons. The van der Waals surface area contributed by atoms with Crippen molar-refractivity contribution in [2.45, 2.75) is 58.5 Å². The Hall–Kier alpha value is -0.300. The van der Waals surface area contributed by atoms with Gasteiger partial charge in [-0.25, -0.2) is 0 Å². The van der Waals surface area contributed by atoms with E-state index in [-0.39, 0.29) is 6.10 Å². The van der Waals surface area contributed by atoms with E-state index >= 15 is 0 Å². The molecule has 0 aromatic rings. The molecule has 0 heterocycles. The minimum atomic E-state index is -0.155. The average molecular weight is 182 g/mol. The number of rotatable bonds is 4. The van der Waals surface area contributed by atoms with Crippen LogP contribution in [-0.2, 0) is 0 Å². The van der Waals surface area contributed by atoms with Gasteiger partial charge >= 0.3 is 0 Å². The van der Waals surface area contributed by atoms with Crippen LogP contribution in [0.25, 0.3) is 0 Å². The Morgan fingerprint density at radius 2 is 2.38 bits per heavy atom. The van der Waals surface area contributed by atoms with Crippen LogP contribution in [0.4, 0.5) is 0 Å². The highest BCUT2D eigenvalue weighted by Crippen LogP contribution is 2.25. The molecule has 0 amide bonds. The predicted octanol–water partition coefficient (Wildman–Crippen LogP) is 3.28. The molecule has 0 saturated heterocycles. The van der Waals surface area contributed by atoms with E-state index in [4.69, 9.17) is 0 Å². The second kappa shape index (κ2) is 5.43. The molecule has 13 heavy (non-hydrogen) atoms. The molecule has 0 aromatic heterocycles. The second-order valence-electron chi connectivity index (χ2n) is 4.38. The summed E-state index contributed by atoms with van der Waals surface area (Å²) in [4.78, 5) is 0. The molecule has 2 atom stereocenters. The Kier molecular flexibility index (Phi) is 4.51. The van der Waals surface area contributed by atoms with Gasteiger partial charge in [-0.1, -0.05) is 38.3 Å². The fraction of sp³-hybridized carbons (Fsp3) is 0.833. The number of aliphatic hydroxyl groups is 1. The van der Waals surface area contributed by atoms with Crippen molar-refractivity contribution < 1.29 is 5.11 Å². The molecule has 1 N–H and O–H groups in total. The largest absolute Gasteiger partial charge is 0.389 e. The van der Waals surface area contributed by atoms with Gasteiger partial charge in [0, 0.05) is 0 Å². The van der Waals surface area contributed by atoms with Gasteiger partial charge < -0.3 is 5.11 Å². The van der Waals surface area contributed by atoms with E-state index < -0.39 is 0 Å². The molecule has 0 aliphatic heterocycles. The average Bonchev–Trinajstić information content (AvgIpc) is 2.04. The van der Waals surface area contributed by atoms with Crippen LogP contribution in [0.1, 0.15) is 52.4 Å². The molecule has 0 saturated carbocycles. The fourth-order valence-corrected chi connectivity index (χ4v) is 2.19. The first kappa shape index (κ1) is 10.8. The molecular formula is C12H22O. The van der Waals surface area contributed by atoms with Crippen LogP contribution in [-0.4, -0.2) is 11.2 Å². The van der Waals surface area contributed by atoms with Crippen LogP contribution in [0.2, 0.25) is 0 Å². The maximum atomic E-state index is 9.45. The third-order valence-corrected chi connectivity index (χ3v) is 2.82. The first-order valence-electron chi connectivity index (χ1n) is 5.60. The summed E-state index contributed by atoms with van der Waals surface area (Å²) >= 11 is 0. The molecular weight excluding hydrogens is 160 g/mol. The lowest BCUT2D eigenvalue weighted by Gasteiger charge is -2.19. The van der Waals surface area contributed by atoms with Gasteiger partial charge in [0.2, 0.25) is 0 Å². The van der Waals surface area contributed by atoms with Crippen LogP contribution in [0.15, 0.2) is 11.6 Å². The van der Waals surface area contributed by atoms with E-state index in [0.717, 1.165) is 12.3 Å². The summed E-state index contributed by atoms with van der Waals surface area (Å²) in [6, 6.07) is 0. The molecule has 2 unspecified atom stereocenters. The minimum Gasteiger partial charge on any atom is -0.389 e. The number of allylic oxidation sites excluding steroid dienone is 1. The summed E-state index contributed by atoms with van der Waals surface area (Å²) in [5.41, 5.74) is 1.49. The molecule has 0 aromatic carbocycles. The van der Waals surface area contributed by atoms with Gasteiger partial charge in [-0.05, 0) is 31.6 Å². The highest BCUT2D eigenvalue weighted by atomic mass is 16.3. The molecule has 76 valence electrons. The van der Waals surface area contributed by atoms with Crippen LogP contribution in [0.3, 0.4) is 0 Å². The quantitative estimate of drug-likeness (QED) is 0.661. The molecule has 1 nitrogen and oxygen atoms in total. The van der Waals surface area contributed by atoms with E-state index in [0.29, 0.717) is 0 Å². The molecule has 1 heteroatoms. The van der Waals surface area contributed by atoms with Gasteiger partial charge in [-0.3, -0.25) is 0 Å². The molecule has 0 spiro atoms. The van der Waals surface area contributed by atoms with E-state index in [1.807, 2.05) is 0 Å². The topological polar surface area (TPSA) is 20.2 Å². The van der Waals surface area contributed by atoms with Crippen LogP contribution >= 0.6 is 0 Å². The van der Waals surface area contributed by atoms with Crippen molar-refractivity contribution in [2.75, 3.05) is 0 Å². The lowest BCUT2D eigenvalue weighted by molar-refractivity contribution is 0.200. The Bertz CT molecular complexity index is 172. The lowest BCUT2D eigenvalue weighted by atomic mass is 9.89. The normalized spacial score (nSPS) is 25.5. The standard InChI is InChI=1S/C12H22O/c1-3-5-10(2)8-11-6-4-7-12(13)9-11/h9-10,12-13H,3-8H2,1-2H3. The SMILES string of the molecule is CCCC(C)CC1=CC(O)CCC1. The fourth-order valence-electron chi connectivity index (χ4n) is 2.19. The number of hydrogen-bond donors (Lipinski definition) is 1. The first-order valence-corrected chi connectivity index (χ1v) is 5.60. The van der Waals surface area contributed by atoms with E-state index in [1.165, 1.54) is 37.7 Å². The van der Waals surface area contributed by atoms with Crippen LogP contribution in [0, 0.1) is 5.92 Å². The summed E-state index contributed by atoms with van der Waals surface area (Å²) in [6.45, 7) is 4.55. The zero-order chi connectivity index (χ0) is 9.68. The van der Waals surface area contributed by atoms with Crippen molar-refractivity contribution >= 4 is 0 Å². The minimum absolute atomic E-state index is 0.155. The number of aliphatic hydroxyl groups excluding tert-OH is 1. The third-order valence-electron chi connectivity index (χ3n) is 2.82. The van der Waals surface area contributed by atoms with E-state index in [9.17, 15) is 5.11 Å². The second-order valence-corrected chi connectivity index (χ2v) is 4.38. The van der Waals surface area contributed by atoms with Crippen LogP contribution in [0.5, 0.6) is 0 Å². The van der Waals surface area contributed by atoms with Gasteiger partial charge in [0.05, 0.1) is 6.10 Å². The van der Waals surface area contributed by atoms with Gasteiger partial charge in [-0.15, -0.1) is 0 Å². The lowest BCUT2D eigenvalue weighted by Crippen LogP contribution is -2.10. The molecule has 0 bridgehead atoms. The van der Waals surface area contributed by atoms with Crippen molar-refractivity contribution in [2.24, 2.45) is 5.92 Å². The van der Waals surface area contributed by atoms with Gasteiger partial charge in [0.15, 0.2) is 0 Å². The Labute approximate surface area is 81.9 Å². The number of hydrogen-bond acceptors (Lipinski definition) is 1. The van der Waals surface area contributed by atoms with Crippen molar-refractivity contribution in [3.05, 3.63) is 11.6 Å². The summed E-state index contributed by atoms with van der Waals surface area (Å²) in [5.74, 6) is 0.793. The van der Waals surface area contributed by atoms with Crippen LogP contribution < -0.4 is 0 Å². The molecule has 0 fully saturated rings. The summed E-state index contributed by atoms with van der Waals surface area (Å²) in [5, 5.41) is 9.45. The maximum absolute atomic E-state index is 9.45. The van der Waals surface area contributed by atoms with E-state index in [1.54, 1.807) is 0 Å². The van der Waals surface area contributed by atoms with E-state index in [2.05, 4.69) is 19.9 Å². The maximum Gasteiger partial charge on any atom is 0.0723 e. The van der Waals surface area contributed by atoms with Crippen molar-refractivity contribution in [1.29, 1.82) is 0 Å². The smallest absolute Gasteiger partial charge is 0.0723 e. The highest BCUT2D eigenvalue weighted by Gasteiger charge is 2.12. The third kappa shape index (κ3) is 3.95. The first-order chi connectivity index (χ1) is 6.22. The molecule has 1 aliphatic carbocycles. The molecule has 1 rings (SSSR count). The van der Waals surface area contributed by atoms with Gasteiger partial charge in [-0.2, -0.15) is 0 Å². The Balaban J connectivity index is 2.34. The summed E-state index contributed by atoms with van der Waals surface area (Å²) in [6.07, 6.45) is 9.06. The Morgan fingerprint density at radius 3 is 3.00 bits per heavy atom. The summed E-state index contributed by atoms with van der Waals surface area (Å²) < 4.78 is 0. The van der Waals surface area contributed by atoms with Gasteiger partial charge in [0.1, 0.15) is 0 Å². The van der Waals surface area contributed by atoms with Crippen molar-refractivity contribution in [3.63, 3.8) is 0 Å². The van der Waals surface area contributed by atoms with Gasteiger partial charge in [0.25, 0.3) is 0 Å². The van der Waals surface area contributed by atoms with Crippen molar-refractivity contribution in [3.8, 4) is 0 Å².